The third-order valence-corrected chi connectivity index (χ3v) is 3.16. The van der Waals surface area contributed by atoms with Crippen LogP contribution in [-0.4, -0.2) is 11.2 Å². The molecule has 4 heteroatoms. The van der Waals surface area contributed by atoms with Gasteiger partial charge in [-0.25, -0.2) is 3.21 Å². The molecule has 1 heterocycles. The second-order valence-electron chi connectivity index (χ2n) is 2.86. The number of rotatable bonds is 2. The lowest BCUT2D eigenvalue weighted by Crippen LogP contribution is -1.90. The summed E-state index contributed by atoms with van der Waals surface area (Å²) < 4.78 is 5.08. The van der Waals surface area contributed by atoms with Gasteiger partial charge in [0.2, 0.25) is 0 Å². The van der Waals surface area contributed by atoms with Crippen LogP contribution in [-0.2, 0) is 0 Å². The highest BCUT2D eigenvalue weighted by Crippen LogP contribution is 2.20. The van der Waals surface area contributed by atoms with Crippen LogP contribution in [0.15, 0.2) is 25.0 Å². The van der Waals surface area contributed by atoms with Gasteiger partial charge in [-0.2, -0.15) is 0 Å². The molecule has 0 radical (unpaired) electrons. The summed E-state index contributed by atoms with van der Waals surface area (Å²) in [5.41, 5.74) is 3.22. The van der Waals surface area contributed by atoms with Crippen LogP contribution in [0.4, 0.5) is 0 Å². The number of aromatic nitrogens is 1. The molecule has 0 fully saturated rings. The predicted molar refractivity (Wildman–Crippen MR) is 78.1 cm³/mol. The number of aryl methyl sites for hydroxylation is 1. The SMILES string of the molecule is C/C(=C(I)\C=N/I)c1cccc(C)n1. The van der Waals surface area contributed by atoms with Gasteiger partial charge < -0.3 is 0 Å². The van der Waals surface area contributed by atoms with Crippen molar-refractivity contribution in [3.63, 3.8) is 0 Å². The van der Waals surface area contributed by atoms with Crippen molar-refractivity contribution in [3.05, 3.63) is 33.2 Å². The Kier molecular flexibility index (Phi) is 5.00. The number of pyridine rings is 1. The molecular formula is C10H10I2N2. The maximum Gasteiger partial charge on any atom is 0.0831 e. The van der Waals surface area contributed by atoms with Crippen LogP contribution in [0.25, 0.3) is 5.57 Å². The molecule has 0 aliphatic heterocycles. The fourth-order valence-corrected chi connectivity index (χ4v) is 2.24. The summed E-state index contributed by atoms with van der Waals surface area (Å²) in [6.45, 7) is 4.05. The highest BCUT2D eigenvalue weighted by molar-refractivity contribution is 14.1. The van der Waals surface area contributed by atoms with E-state index in [4.69, 9.17) is 0 Å². The van der Waals surface area contributed by atoms with E-state index in [0.29, 0.717) is 0 Å². The number of allylic oxidation sites excluding steroid dienone is 2. The molecule has 0 saturated carbocycles. The van der Waals surface area contributed by atoms with E-state index in [-0.39, 0.29) is 0 Å². The van der Waals surface area contributed by atoms with Gasteiger partial charge in [-0.05, 0) is 54.1 Å². The summed E-state index contributed by atoms with van der Waals surface area (Å²) in [6, 6.07) is 6.03. The summed E-state index contributed by atoms with van der Waals surface area (Å²) >= 11 is 4.24. The van der Waals surface area contributed by atoms with Gasteiger partial charge in [0.15, 0.2) is 0 Å². The molecule has 1 rings (SSSR count). The van der Waals surface area contributed by atoms with Gasteiger partial charge >= 0.3 is 0 Å². The number of hydrogen-bond donors (Lipinski definition) is 0. The largest absolute Gasteiger partial charge is 0.253 e. The fourth-order valence-electron chi connectivity index (χ4n) is 1.01. The maximum absolute atomic E-state index is 4.45. The van der Waals surface area contributed by atoms with Crippen molar-refractivity contribution in [2.24, 2.45) is 3.21 Å². The van der Waals surface area contributed by atoms with Crippen LogP contribution < -0.4 is 0 Å². The first-order chi connectivity index (χ1) is 6.65. The molecule has 0 amide bonds. The van der Waals surface area contributed by atoms with Crippen LogP contribution >= 0.6 is 45.5 Å². The smallest absolute Gasteiger partial charge is 0.0831 e. The van der Waals surface area contributed by atoms with Crippen LogP contribution in [0.5, 0.6) is 0 Å². The minimum atomic E-state index is 1.02. The van der Waals surface area contributed by atoms with Crippen LogP contribution in [0.3, 0.4) is 0 Å². The molecule has 74 valence electrons. The zero-order chi connectivity index (χ0) is 10.6. The summed E-state index contributed by atoms with van der Waals surface area (Å²) in [6.07, 6.45) is 1.83. The average molecular weight is 412 g/mol. The van der Waals surface area contributed by atoms with Gasteiger partial charge in [0.25, 0.3) is 0 Å². The van der Waals surface area contributed by atoms with E-state index in [9.17, 15) is 0 Å². The molecule has 1 aromatic rings. The third kappa shape index (κ3) is 3.30. The summed E-state index contributed by atoms with van der Waals surface area (Å²) in [5.74, 6) is 0. The Labute approximate surface area is 112 Å². The lowest BCUT2D eigenvalue weighted by atomic mass is 10.2. The van der Waals surface area contributed by atoms with Crippen molar-refractivity contribution in [2.75, 3.05) is 0 Å². The Morgan fingerprint density at radius 1 is 1.50 bits per heavy atom. The average Bonchev–Trinajstić information content (AvgIpc) is 2.17. The van der Waals surface area contributed by atoms with E-state index in [2.05, 4.69) is 37.7 Å². The minimum absolute atomic E-state index is 1.02. The molecule has 0 bridgehead atoms. The molecule has 0 aliphatic rings. The van der Waals surface area contributed by atoms with Crippen molar-refractivity contribution in [1.82, 2.24) is 4.98 Å². The maximum atomic E-state index is 4.45. The zero-order valence-electron chi connectivity index (χ0n) is 7.96. The van der Waals surface area contributed by atoms with Gasteiger partial charge in [0, 0.05) is 15.5 Å². The third-order valence-electron chi connectivity index (χ3n) is 1.79. The molecule has 0 spiro atoms. The van der Waals surface area contributed by atoms with E-state index in [1.807, 2.05) is 54.2 Å². The quantitative estimate of drug-likeness (QED) is 0.533. The lowest BCUT2D eigenvalue weighted by Gasteiger charge is -2.02. The van der Waals surface area contributed by atoms with E-state index in [1.165, 1.54) is 0 Å². The number of nitrogens with zero attached hydrogens (tertiary/aromatic N) is 2. The first kappa shape index (κ1) is 12.1. The molecule has 0 aromatic carbocycles. The van der Waals surface area contributed by atoms with Crippen LogP contribution in [0, 0.1) is 6.92 Å². The van der Waals surface area contributed by atoms with Gasteiger partial charge in [0.05, 0.1) is 28.6 Å². The second kappa shape index (κ2) is 5.79. The van der Waals surface area contributed by atoms with Crippen molar-refractivity contribution < 1.29 is 0 Å². The summed E-state index contributed by atoms with van der Waals surface area (Å²) in [5, 5.41) is 0. The topological polar surface area (TPSA) is 25.2 Å². The number of hydrogen-bond acceptors (Lipinski definition) is 2. The molecule has 0 saturated heterocycles. The Hall–Kier alpha value is 0.0200. The fraction of sp³-hybridized carbons (Fsp3) is 0.200. The normalized spacial score (nSPS) is 13.1. The van der Waals surface area contributed by atoms with Crippen molar-refractivity contribution in [2.45, 2.75) is 13.8 Å². The minimum Gasteiger partial charge on any atom is -0.253 e. The van der Waals surface area contributed by atoms with Crippen molar-refractivity contribution in [3.8, 4) is 0 Å². The van der Waals surface area contributed by atoms with E-state index >= 15 is 0 Å². The molecule has 0 unspecified atom stereocenters. The monoisotopic (exact) mass is 412 g/mol. The Balaban J connectivity index is 3.11. The predicted octanol–water partition coefficient (Wildman–Crippen LogP) is 3.98. The standard InChI is InChI=1S/C10H10I2N2/c1-7-4-3-5-10(14-7)8(2)9(11)6-13-12/h3-6H,1-2H3/b9-8-,13-6-. The van der Waals surface area contributed by atoms with E-state index in [0.717, 1.165) is 20.5 Å². The molecule has 0 aliphatic carbocycles. The second-order valence-corrected chi connectivity index (χ2v) is 4.58. The van der Waals surface area contributed by atoms with Gasteiger partial charge in [-0.1, -0.05) is 6.07 Å². The summed E-state index contributed by atoms with van der Waals surface area (Å²) in [7, 11) is 0. The van der Waals surface area contributed by atoms with Gasteiger partial charge in [-0.3, -0.25) is 4.98 Å². The van der Waals surface area contributed by atoms with E-state index in [1.54, 1.807) is 0 Å². The Morgan fingerprint density at radius 2 is 2.21 bits per heavy atom. The highest BCUT2D eigenvalue weighted by Gasteiger charge is 2.01. The van der Waals surface area contributed by atoms with Gasteiger partial charge in [-0.15, -0.1) is 0 Å². The van der Waals surface area contributed by atoms with Crippen LogP contribution in [0.2, 0.25) is 0 Å². The molecule has 14 heavy (non-hydrogen) atoms. The zero-order valence-corrected chi connectivity index (χ0v) is 12.3. The van der Waals surface area contributed by atoms with Crippen LogP contribution in [0.1, 0.15) is 18.3 Å². The van der Waals surface area contributed by atoms with Crippen molar-refractivity contribution >= 4 is 57.2 Å². The molecule has 0 atom stereocenters. The molecule has 1 aromatic heterocycles. The van der Waals surface area contributed by atoms with Crippen molar-refractivity contribution in [1.29, 1.82) is 0 Å². The lowest BCUT2D eigenvalue weighted by molar-refractivity contribution is 1.17. The highest BCUT2D eigenvalue weighted by atomic mass is 127. The molecular weight excluding hydrogens is 402 g/mol. The molecule has 0 N–H and O–H groups in total. The Bertz CT molecular complexity index is 383. The first-order valence-electron chi connectivity index (χ1n) is 4.10. The van der Waals surface area contributed by atoms with Gasteiger partial charge in [0.1, 0.15) is 0 Å². The van der Waals surface area contributed by atoms with E-state index < -0.39 is 0 Å². The molecule has 2 nitrogen and oxygen atoms in total. The Morgan fingerprint density at radius 3 is 2.79 bits per heavy atom. The summed E-state index contributed by atoms with van der Waals surface area (Å²) in [4.78, 5) is 4.45. The number of halogens is 2. The first-order valence-corrected chi connectivity index (χ1v) is 6.14.